The maximum atomic E-state index is 10.4. The zero-order chi connectivity index (χ0) is 17.0. The van der Waals surface area contributed by atoms with Crippen molar-refractivity contribution < 1.29 is 9.84 Å². The summed E-state index contributed by atoms with van der Waals surface area (Å²) in [6.07, 6.45) is 1.70. The Morgan fingerprint density at radius 2 is 1.91 bits per heavy atom. The highest BCUT2D eigenvalue weighted by Crippen LogP contribution is 2.17. The van der Waals surface area contributed by atoms with Crippen LogP contribution in [0.5, 0.6) is 0 Å². The van der Waals surface area contributed by atoms with Crippen molar-refractivity contribution in [2.75, 3.05) is 6.61 Å². The number of hydrogen-bond donors (Lipinski definition) is 1. The van der Waals surface area contributed by atoms with E-state index >= 15 is 0 Å². The Morgan fingerprint density at radius 3 is 2.45 bits per heavy atom. The van der Waals surface area contributed by atoms with Crippen LogP contribution in [0.15, 0.2) is 6.20 Å². The van der Waals surface area contributed by atoms with E-state index in [9.17, 15) is 5.11 Å². The molecule has 1 rings (SSSR count). The third kappa shape index (κ3) is 7.36. The average Bonchev–Trinajstić information content (AvgIpc) is 2.80. The van der Waals surface area contributed by atoms with Crippen LogP contribution in [0.4, 0.5) is 0 Å². The first-order chi connectivity index (χ1) is 9.89. The number of ether oxygens (including phenoxy) is 1. The summed E-state index contributed by atoms with van der Waals surface area (Å²) >= 11 is 0. The molecule has 1 unspecified atom stereocenters. The molecule has 1 aromatic rings. The van der Waals surface area contributed by atoms with Crippen LogP contribution in [0.1, 0.15) is 12.6 Å². The van der Waals surface area contributed by atoms with Crippen molar-refractivity contribution in [1.82, 2.24) is 15.0 Å². The molecule has 1 aromatic heterocycles. The van der Waals surface area contributed by atoms with Gasteiger partial charge in [-0.2, -0.15) is 0 Å². The number of nitrogens with zero attached hydrogens (tertiary/aromatic N) is 3. The molecule has 0 aliphatic heterocycles. The van der Waals surface area contributed by atoms with E-state index in [1.54, 1.807) is 17.8 Å². The maximum absolute atomic E-state index is 10.4. The smallest absolute Gasteiger partial charge is 0.167 e. The first-order valence-electron chi connectivity index (χ1n) is 7.64. The molecule has 0 radical (unpaired) electrons. The lowest BCUT2D eigenvalue weighted by Crippen LogP contribution is -2.23. The number of aliphatic hydroxyl groups is 1. The van der Waals surface area contributed by atoms with Gasteiger partial charge >= 0.3 is 0 Å². The van der Waals surface area contributed by atoms with Crippen LogP contribution < -0.4 is 0 Å². The number of rotatable bonds is 6. The highest BCUT2D eigenvalue weighted by molar-refractivity contribution is 6.83. The summed E-state index contributed by atoms with van der Waals surface area (Å²) in [6.45, 7) is 16.1. The van der Waals surface area contributed by atoms with Crippen molar-refractivity contribution in [2.45, 2.75) is 64.6 Å². The Kier molecular flexibility index (Phi) is 6.15. The van der Waals surface area contributed by atoms with Gasteiger partial charge in [-0.1, -0.05) is 50.4 Å². The quantitative estimate of drug-likeness (QED) is 0.492. The lowest BCUT2D eigenvalue weighted by molar-refractivity contribution is 0.0770. The van der Waals surface area contributed by atoms with Crippen molar-refractivity contribution in [2.24, 2.45) is 0 Å². The molecule has 7 heteroatoms. The minimum Gasteiger partial charge on any atom is -0.372 e. The molecule has 124 valence electrons. The van der Waals surface area contributed by atoms with Crippen molar-refractivity contribution in [3.8, 4) is 11.5 Å². The Balaban J connectivity index is 2.61. The van der Waals surface area contributed by atoms with Crippen LogP contribution in [-0.2, 0) is 17.1 Å². The van der Waals surface area contributed by atoms with E-state index in [0.717, 1.165) is 12.7 Å². The van der Waals surface area contributed by atoms with E-state index in [-0.39, 0.29) is 0 Å². The van der Waals surface area contributed by atoms with Crippen LogP contribution in [0.3, 0.4) is 0 Å². The fourth-order valence-electron chi connectivity index (χ4n) is 1.49. The van der Waals surface area contributed by atoms with E-state index in [0.29, 0.717) is 12.4 Å². The molecule has 0 aliphatic rings. The Hall–Kier alpha value is -0.946. The summed E-state index contributed by atoms with van der Waals surface area (Å²) in [7, 11) is -2.61. The number of aromatic nitrogens is 3. The third-order valence-corrected chi connectivity index (χ3v) is 5.52. The lowest BCUT2D eigenvalue weighted by Gasteiger charge is -2.15. The molecule has 5 nitrogen and oxygen atoms in total. The summed E-state index contributed by atoms with van der Waals surface area (Å²) in [5.41, 5.74) is 2.37. The molecule has 22 heavy (non-hydrogen) atoms. The second-order valence-electron chi connectivity index (χ2n) is 8.06. The van der Waals surface area contributed by atoms with Gasteiger partial charge in [0, 0.05) is 14.7 Å². The van der Waals surface area contributed by atoms with Gasteiger partial charge in [-0.3, -0.25) is 0 Å². The molecule has 1 atom stereocenters. The van der Waals surface area contributed by atoms with Crippen molar-refractivity contribution >= 4 is 16.1 Å². The fraction of sp³-hybridized carbons (Fsp3) is 0.733. The largest absolute Gasteiger partial charge is 0.372 e. The van der Waals surface area contributed by atoms with E-state index < -0.39 is 21.7 Å². The molecule has 0 aliphatic carbocycles. The third-order valence-electron chi connectivity index (χ3n) is 2.94. The zero-order valence-corrected chi connectivity index (χ0v) is 16.9. The summed E-state index contributed by atoms with van der Waals surface area (Å²) in [4.78, 5) is 0. The highest BCUT2D eigenvalue weighted by atomic mass is 28.3. The van der Waals surface area contributed by atoms with Gasteiger partial charge in [-0.25, -0.2) is 4.68 Å². The molecule has 0 spiro atoms. The molecule has 0 bridgehead atoms. The van der Waals surface area contributed by atoms with Gasteiger partial charge in [0.25, 0.3) is 0 Å². The van der Waals surface area contributed by atoms with Crippen molar-refractivity contribution in [3.05, 3.63) is 11.9 Å². The first kappa shape index (κ1) is 19.1. The van der Waals surface area contributed by atoms with Crippen molar-refractivity contribution in [3.63, 3.8) is 0 Å². The van der Waals surface area contributed by atoms with Gasteiger partial charge in [0.2, 0.25) is 0 Å². The molecule has 0 amide bonds. The minimum atomic E-state index is -1.53. The molecule has 0 saturated heterocycles. The summed E-state index contributed by atoms with van der Waals surface area (Å²) in [6, 6.07) is 1.12. The molecule has 1 N–H and O–H groups in total. The van der Waals surface area contributed by atoms with Crippen LogP contribution in [-0.4, -0.2) is 42.9 Å². The van der Waals surface area contributed by atoms with Gasteiger partial charge in [0.1, 0.15) is 20.5 Å². The zero-order valence-electron chi connectivity index (χ0n) is 14.9. The van der Waals surface area contributed by atoms with Gasteiger partial charge in [-0.05, 0) is 13.0 Å². The lowest BCUT2D eigenvalue weighted by atomic mass is 10.1. The Morgan fingerprint density at radius 1 is 1.27 bits per heavy atom. The molecule has 0 saturated carbocycles. The molecular formula is C15H29N3O2Si2. The van der Waals surface area contributed by atoms with Crippen LogP contribution in [0.2, 0.25) is 45.3 Å². The fourth-order valence-corrected chi connectivity index (χ4v) is 2.87. The Bertz CT molecular complexity index is 546. The van der Waals surface area contributed by atoms with E-state index in [1.807, 2.05) is 0 Å². The highest BCUT2D eigenvalue weighted by Gasteiger charge is 2.25. The predicted octanol–water partition coefficient (Wildman–Crippen LogP) is 2.68. The number of hydrogen-bond acceptors (Lipinski definition) is 4. The van der Waals surface area contributed by atoms with Gasteiger partial charge in [-0.15, -0.1) is 10.6 Å². The normalized spacial score (nSPS) is 15.1. The van der Waals surface area contributed by atoms with E-state index in [4.69, 9.17) is 4.74 Å². The molecule has 0 aromatic carbocycles. The molecule has 1 heterocycles. The maximum Gasteiger partial charge on any atom is 0.167 e. The summed E-state index contributed by atoms with van der Waals surface area (Å²) in [5.74, 6) is 2.93. The van der Waals surface area contributed by atoms with Crippen LogP contribution in [0.25, 0.3) is 0 Å². The topological polar surface area (TPSA) is 60.2 Å². The molecule has 0 fully saturated rings. The second kappa shape index (κ2) is 7.09. The Labute approximate surface area is 136 Å². The van der Waals surface area contributed by atoms with Gasteiger partial charge < -0.3 is 9.84 Å². The van der Waals surface area contributed by atoms with Crippen molar-refractivity contribution in [1.29, 1.82) is 0 Å². The van der Waals surface area contributed by atoms with Crippen LogP contribution >= 0.6 is 0 Å². The predicted molar refractivity (Wildman–Crippen MR) is 94.8 cm³/mol. The summed E-state index contributed by atoms with van der Waals surface area (Å²) in [5, 5.41) is 18.5. The SMILES string of the molecule is CC(O)(C#C[Si](C)(C)C)c1cn(COCC[Si](C)(C)C)nn1. The van der Waals surface area contributed by atoms with E-state index in [1.165, 1.54) is 0 Å². The standard InChI is InChI=1S/C15H29N3O2Si2/c1-15(19,8-10-21(2,3)4)14-12-18(17-16-14)13-20-9-11-22(5,6)7/h12,19H,9,11,13H2,1-7H3. The first-order valence-corrected chi connectivity index (χ1v) is 14.8. The van der Waals surface area contributed by atoms with Crippen LogP contribution in [0, 0.1) is 11.5 Å². The van der Waals surface area contributed by atoms with E-state index in [2.05, 4.69) is 61.1 Å². The average molecular weight is 340 g/mol. The monoisotopic (exact) mass is 339 g/mol. The van der Waals surface area contributed by atoms with Gasteiger partial charge in [0.15, 0.2) is 5.60 Å². The minimum absolute atomic E-state index is 0.356. The van der Waals surface area contributed by atoms with Gasteiger partial charge in [0.05, 0.1) is 6.20 Å². The molecular weight excluding hydrogens is 310 g/mol. The second-order valence-corrected chi connectivity index (χ2v) is 18.4. The summed E-state index contributed by atoms with van der Waals surface area (Å²) < 4.78 is 7.22.